The van der Waals surface area contributed by atoms with Gasteiger partial charge in [-0.25, -0.2) is 9.29 Å². The number of anilines is 2. The van der Waals surface area contributed by atoms with Gasteiger partial charge < -0.3 is 5.32 Å². The first-order valence-corrected chi connectivity index (χ1v) is 10.2. The van der Waals surface area contributed by atoms with Crippen molar-refractivity contribution in [2.24, 2.45) is 0 Å². The Morgan fingerprint density at radius 2 is 1.42 bits per heavy atom. The maximum atomic E-state index is 13.5. The molecule has 3 aromatic carbocycles. The SMILES string of the molecule is Cc1ccc(Cl)cc1NC1=C(c2ccc(F)cc2)C(=O)N(c2cc(Cl)ccc2C)C1=O. The molecular weight excluding hydrogens is 438 g/mol. The molecule has 2 amide bonds. The van der Waals surface area contributed by atoms with E-state index >= 15 is 0 Å². The van der Waals surface area contributed by atoms with Crippen molar-refractivity contribution in [2.75, 3.05) is 10.2 Å². The molecule has 0 spiro atoms. The Bertz CT molecular complexity index is 1250. The van der Waals surface area contributed by atoms with Gasteiger partial charge in [-0.2, -0.15) is 0 Å². The molecule has 31 heavy (non-hydrogen) atoms. The molecule has 4 nitrogen and oxygen atoms in total. The molecule has 0 bridgehead atoms. The van der Waals surface area contributed by atoms with Gasteiger partial charge in [0.25, 0.3) is 11.8 Å². The van der Waals surface area contributed by atoms with Crippen LogP contribution in [0.15, 0.2) is 66.4 Å². The molecule has 0 unspecified atom stereocenters. The van der Waals surface area contributed by atoms with Gasteiger partial charge in [0.15, 0.2) is 0 Å². The van der Waals surface area contributed by atoms with E-state index in [9.17, 15) is 14.0 Å². The van der Waals surface area contributed by atoms with E-state index in [0.29, 0.717) is 32.5 Å². The van der Waals surface area contributed by atoms with Crippen LogP contribution in [0.5, 0.6) is 0 Å². The second kappa shape index (κ2) is 8.17. The summed E-state index contributed by atoms with van der Waals surface area (Å²) in [6.07, 6.45) is 0. The lowest BCUT2D eigenvalue weighted by Crippen LogP contribution is -2.33. The second-order valence-corrected chi connectivity index (χ2v) is 8.09. The fraction of sp³-hybridized carbons (Fsp3) is 0.0833. The average Bonchev–Trinajstić information content (AvgIpc) is 2.97. The first-order chi connectivity index (χ1) is 14.8. The Balaban J connectivity index is 1.88. The monoisotopic (exact) mass is 454 g/mol. The minimum atomic E-state index is -0.533. The van der Waals surface area contributed by atoms with Crippen LogP contribution in [0.4, 0.5) is 15.8 Å². The number of nitrogens with zero attached hydrogens (tertiary/aromatic N) is 1. The van der Waals surface area contributed by atoms with Gasteiger partial charge >= 0.3 is 0 Å². The van der Waals surface area contributed by atoms with Crippen molar-refractivity contribution in [3.8, 4) is 0 Å². The van der Waals surface area contributed by atoms with Crippen molar-refractivity contribution in [3.63, 3.8) is 0 Å². The van der Waals surface area contributed by atoms with Crippen molar-refractivity contribution in [1.29, 1.82) is 0 Å². The van der Waals surface area contributed by atoms with E-state index in [0.717, 1.165) is 10.5 Å². The molecule has 0 aliphatic carbocycles. The lowest BCUT2D eigenvalue weighted by molar-refractivity contribution is -0.120. The number of aryl methyl sites for hydroxylation is 2. The molecule has 1 aliphatic heterocycles. The number of carbonyl (C=O) groups is 2. The molecule has 1 heterocycles. The van der Waals surface area contributed by atoms with Crippen LogP contribution in [0.2, 0.25) is 10.0 Å². The summed E-state index contributed by atoms with van der Waals surface area (Å²) in [6.45, 7) is 3.65. The number of imide groups is 1. The third kappa shape index (κ3) is 3.94. The summed E-state index contributed by atoms with van der Waals surface area (Å²) in [5, 5.41) is 3.97. The lowest BCUT2D eigenvalue weighted by Gasteiger charge is -2.18. The first-order valence-electron chi connectivity index (χ1n) is 9.44. The average molecular weight is 455 g/mol. The number of halogens is 3. The lowest BCUT2D eigenvalue weighted by atomic mass is 10.0. The molecule has 156 valence electrons. The van der Waals surface area contributed by atoms with Crippen LogP contribution < -0.4 is 10.2 Å². The van der Waals surface area contributed by atoms with Crippen LogP contribution in [0.25, 0.3) is 5.57 Å². The van der Waals surface area contributed by atoms with Crippen LogP contribution in [-0.4, -0.2) is 11.8 Å². The van der Waals surface area contributed by atoms with Crippen molar-refractivity contribution in [3.05, 3.63) is 98.9 Å². The first kappa shape index (κ1) is 21.1. The molecule has 0 radical (unpaired) electrons. The largest absolute Gasteiger partial charge is 0.350 e. The van der Waals surface area contributed by atoms with Crippen molar-refractivity contribution in [2.45, 2.75) is 13.8 Å². The Morgan fingerprint density at radius 1 is 0.806 bits per heavy atom. The molecule has 0 saturated carbocycles. The highest BCUT2D eigenvalue weighted by Crippen LogP contribution is 2.36. The minimum Gasteiger partial charge on any atom is -0.350 e. The van der Waals surface area contributed by atoms with Gasteiger partial charge in [-0.3, -0.25) is 9.59 Å². The van der Waals surface area contributed by atoms with Crippen LogP contribution in [0, 0.1) is 19.7 Å². The van der Waals surface area contributed by atoms with Gasteiger partial charge in [-0.15, -0.1) is 0 Å². The van der Waals surface area contributed by atoms with E-state index in [2.05, 4.69) is 5.32 Å². The summed E-state index contributed by atoms with van der Waals surface area (Å²) in [5.41, 5.74) is 3.18. The molecule has 0 fully saturated rings. The number of amides is 2. The molecule has 4 rings (SSSR count). The Kier molecular flexibility index (Phi) is 5.56. The predicted molar refractivity (Wildman–Crippen MR) is 122 cm³/mol. The van der Waals surface area contributed by atoms with Gasteiger partial charge in [-0.05, 0) is 66.9 Å². The number of hydrogen-bond acceptors (Lipinski definition) is 3. The molecular formula is C24H17Cl2FN2O2. The molecule has 1 N–H and O–H groups in total. The topological polar surface area (TPSA) is 49.4 Å². The highest BCUT2D eigenvalue weighted by molar-refractivity contribution is 6.46. The van der Waals surface area contributed by atoms with Gasteiger partial charge in [0.05, 0.1) is 11.3 Å². The number of nitrogens with one attached hydrogen (secondary N) is 1. The number of rotatable bonds is 4. The number of benzene rings is 3. The van der Waals surface area contributed by atoms with Gasteiger partial charge in [0.2, 0.25) is 0 Å². The zero-order chi connectivity index (χ0) is 22.3. The van der Waals surface area contributed by atoms with E-state index in [4.69, 9.17) is 23.2 Å². The molecule has 3 aromatic rings. The quantitative estimate of drug-likeness (QED) is 0.481. The molecule has 0 saturated heterocycles. The highest BCUT2D eigenvalue weighted by atomic mass is 35.5. The van der Waals surface area contributed by atoms with Crippen LogP contribution >= 0.6 is 23.2 Å². The third-order valence-corrected chi connectivity index (χ3v) is 5.56. The zero-order valence-corrected chi connectivity index (χ0v) is 18.2. The van der Waals surface area contributed by atoms with Crippen LogP contribution in [-0.2, 0) is 9.59 Å². The summed E-state index contributed by atoms with van der Waals surface area (Å²) in [5.74, 6) is -1.50. The zero-order valence-electron chi connectivity index (χ0n) is 16.7. The van der Waals surface area contributed by atoms with Crippen molar-refractivity contribution >= 4 is 52.0 Å². The van der Waals surface area contributed by atoms with Crippen LogP contribution in [0.1, 0.15) is 16.7 Å². The number of hydrogen-bond donors (Lipinski definition) is 1. The second-order valence-electron chi connectivity index (χ2n) is 7.22. The Hall–Kier alpha value is -3.15. The summed E-state index contributed by atoms with van der Waals surface area (Å²) < 4.78 is 13.5. The fourth-order valence-electron chi connectivity index (χ4n) is 3.44. The van der Waals surface area contributed by atoms with Crippen LogP contribution in [0.3, 0.4) is 0 Å². The summed E-state index contributed by atoms with van der Waals surface area (Å²) in [4.78, 5) is 28.0. The van der Waals surface area contributed by atoms with Gasteiger partial charge in [0, 0.05) is 15.7 Å². The Morgan fingerprint density at radius 3 is 2.10 bits per heavy atom. The summed E-state index contributed by atoms with van der Waals surface area (Å²) >= 11 is 12.3. The smallest absolute Gasteiger partial charge is 0.282 e. The standard InChI is InChI=1S/C24H17Cl2FN2O2/c1-13-3-7-16(25)11-19(13)28-22-21(15-5-9-18(27)10-6-15)23(30)29(24(22)31)20-12-17(26)8-4-14(20)2/h3-12,28H,1-2H3. The third-order valence-electron chi connectivity index (χ3n) is 5.09. The Labute approximate surface area is 188 Å². The summed E-state index contributed by atoms with van der Waals surface area (Å²) in [7, 11) is 0. The predicted octanol–water partition coefficient (Wildman–Crippen LogP) is 6.15. The fourth-order valence-corrected chi connectivity index (χ4v) is 3.77. The maximum absolute atomic E-state index is 13.5. The molecule has 0 atom stereocenters. The minimum absolute atomic E-state index is 0.0846. The molecule has 7 heteroatoms. The van der Waals surface area contributed by atoms with Crippen molar-refractivity contribution in [1.82, 2.24) is 0 Å². The summed E-state index contributed by atoms with van der Waals surface area (Å²) in [6, 6.07) is 15.7. The normalized spacial score (nSPS) is 13.9. The van der Waals surface area contributed by atoms with E-state index < -0.39 is 17.6 Å². The van der Waals surface area contributed by atoms with E-state index in [1.165, 1.54) is 24.3 Å². The van der Waals surface area contributed by atoms with E-state index in [1.807, 2.05) is 13.0 Å². The van der Waals surface area contributed by atoms with Gasteiger partial charge in [-0.1, -0.05) is 47.5 Å². The van der Waals surface area contributed by atoms with Gasteiger partial charge in [0.1, 0.15) is 11.5 Å². The maximum Gasteiger partial charge on any atom is 0.282 e. The van der Waals surface area contributed by atoms with E-state index in [-0.39, 0.29) is 11.3 Å². The highest BCUT2D eigenvalue weighted by Gasteiger charge is 2.41. The molecule has 1 aliphatic rings. The molecule has 0 aromatic heterocycles. The number of carbonyl (C=O) groups excluding carboxylic acids is 2. The van der Waals surface area contributed by atoms with E-state index in [1.54, 1.807) is 37.3 Å². The van der Waals surface area contributed by atoms with Crippen molar-refractivity contribution < 1.29 is 14.0 Å².